The summed E-state index contributed by atoms with van der Waals surface area (Å²) in [6.45, 7) is 0.648. The van der Waals surface area contributed by atoms with E-state index in [1.165, 1.54) is 24.3 Å². The van der Waals surface area contributed by atoms with Crippen LogP contribution in [0.2, 0.25) is 0 Å². The summed E-state index contributed by atoms with van der Waals surface area (Å²) in [5, 5.41) is 16.3. The molecule has 0 spiro atoms. The minimum Gasteiger partial charge on any atom is -0.380 e. The molecule has 1 heterocycles. The summed E-state index contributed by atoms with van der Waals surface area (Å²) >= 11 is 0. The molecule has 102 valence electrons. The van der Waals surface area contributed by atoms with E-state index < -0.39 is 4.92 Å². The number of rotatable bonds is 4. The van der Waals surface area contributed by atoms with E-state index in [4.69, 9.17) is 4.74 Å². The van der Waals surface area contributed by atoms with E-state index in [2.05, 4.69) is 10.6 Å². The lowest BCUT2D eigenvalue weighted by atomic mass is 10.2. The molecule has 0 aliphatic carbocycles. The van der Waals surface area contributed by atoms with Crippen LogP contribution in [0.1, 0.15) is 6.42 Å². The van der Waals surface area contributed by atoms with Crippen molar-refractivity contribution in [1.29, 1.82) is 0 Å². The van der Waals surface area contributed by atoms with Gasteiger partial charge in [-0.05, 0) is 18.6 Å². The molecule has 1 fully saturated rings. The molecule has 0 radical (unpaired) electrons. The van der Waals surface area contributed by atoms with Gasteiger partial charge < -0.3 is 15.4 Å². The maximum Gasteiger partial charge on any atom is 0.269 e. The van der Waals surface area contributed by atoms with Gasteiger partial charge in [0.2, 0.25) is 5.91 Å². The van der Waals surface area contributed by atoms with Gasteiger partial charge in [0.25, 0.3) is 5.69 Å². The number of hydrogen-bond donors (Lipinski definition) is 2. The lowest BCUT2D eigenvalue weighted by Gasteiger charge is -2.11. The molecule has 1 aliphatic heterocycles. The van der Waals surface area contributed by atoms with E-state index in [0.29, 0.717) is 18.7 Å². The number of amides is 1. The monoisotopic (exact) mass is 265 g/mol. The van der Waals surface area contributed by atoms with Crippen LogP contribution in [-0.4, -0.2) is 36.6 Å². The number of carbonyl (C=O) groups excluding carboxylic acids is 1. The van der Waals surface area contributed by atoms with Crippen molar-refractivity contribution in [3.05, 3.63) is 34.4 Å². The van der Waals surface area contributed by atoms with Gasteiger partial charge in [0.1, 0.15) is 0 Å². The minimum atomic E-state index is -0.479. The van der Waals surface area contributed by atoms with Gasteiger partial charge in [0.15, 0.2) is 0 Å². The Kier molecular flexibility index (Phi) is 4.08. The molecule has 19 heavy (non-hydrogen) atoms. The second-order valence-electron chi connectivity index (χ2n) is 4.35. The average Bonchev–Trinajstić information content (AvgIpc) is 2.88. The van der Waals surface area contributed by atoms with E-state index in [1.807, 2.05) is 0 Å². The van der Waals surface area contributed by atoms with Crippen LogP contribution in [0.4, 0.5) is 11.4 Å². The van der Waals surface area contributed by atoms with Crippen molar-refractivity contribution in [1.82, 2.24) is 5.32 Å². The van der Waals surface area contributed by atoms with E-state index in [9.17, 15) is 14.9 Å². The van der Waals surface area contributed by atoms with E-state index >= 15 is 0 Å². The number of anilines is 1. The van der Waals surface area contributed by atoms with Crippen molar-refractivity contribution in [2.45, 2.75) is 18.6 Å². The van der Waals surface area contributed by atoms with Crippen LogP contribution in [0, 0.1) is 10.1 Å². The Balaban J connectivity index is 1.94. The van der Waals surface area contributed by atoms with Crippen molar-refractivity contribution in [3.63, 3.8) is 0 Å². The number of nitrogens with one attached hydrogen (secondary N) is 2. The summed E-state index contributed by atoms with van der Waals surface area (Å²) in [5.74, 6) is -0.159. The fourth-order valence-electron chi connectivity index (χ4n) is 1.98. The first-order valence-corrected chi connectivity index (χ1v) is 5.91. The van der Waals surface area contributed by atoms with E-state index in [-0.39, 0.29) is 23.7 Å². The number of hydrogen-bond acceptors (Lipinski definition) is 5. The molecule has 0 saturated carbocycles. The third-order valence-electron chi connectivity index (χ3n) is 3.09. The van der Waals surface area contributed by atoms with E-state index in [1.54, 1.807) is 7.11 Å². The summed E-state index contributed by atoms with van der Waals surface area (Å²) in [7, 11) is 1.61. The predicted molar refractivity (Wildman–Crippen MR) is 68.9 cm³/mol. The van der Waals surface area contributed by atoms with Crippen LogP contribution in [0.5, 0.6) is 0 Å². The van der Waals surface area contributed by atoms with Crippen molar-refractivity contribution in [2.24, 2.45) is 0 Å². The second kappa shape index (κ2) is 5.77. The molecule has 1 aromatic carbocycles. The van der Waals surface area contributed by atoms with Crippen molar-refractivity contribution in [3.8, 4) is 0 Å². The summed E-state index contributed by atoms with van der Waals surface area (Å²) in [6.07, 6.45) is 0.669. The van der Waals surface area contributed by atoms with Crippen molar-refractivity contribution < 1.29 is 14.5 Å². The van der Waals surface area contributed by atoms with Crippen LogP contribution < -0.4 is 10.6 Å². The highest BCUT2D eigenvalue weighted by molar-refractivity contribution is 5.95. The highest BCUT2D eigenvalue weighted by Crippen LogP contribution is 2.17. The first-order valence-electron chi connectivity index (χ1n) is 5.91. The molecule has 0 bridgehead atoms. The Morgan fingerprint density at radius 1 is 1.47 bits per heavy atom. The Morgan fingerprint density at radius 2 is 2.16 bits per heavy atom. The number of nitro benzene ring substituents is 1. The standard InChI is InChI=1S/C12H15N3O4/c1-19-10-6-11(13-7-10)12(16)14-8-2-4-9(5-3-8)15(17)18/h2-5,10-11,13H,6-7H2,1H3,(H,14,16). The number of benzene rings is 1. The number of ether oxygens (including phenoxy) is 1. The largest absolute Gasteiger partial charge is 0.380 e. The fraction of sp³-hybridized carbons (Fsp3) is 0.417. The van der Waals surface area contributed by atoms with Gasteiger partial charge in [0.05, 0.1) is 17.1 Å². The Bertz CT molecular complexity index is 474. The molecule has 1 amide bonds. The normalized spacial score (nSPS) is 22.2. The third-order valence-corrected chi connectivity index (χ3v) is 3.09. The Labute approximate surface area is 110 Å². The molecule has 0 aromatic heterocycles. The van der Waals surface area contributed by atoms with Gasteiger partial charge in [-0.15, -0.1) is 0 Å². The highest BCUT2D eigenvalue weighted by atomic mass is 16.6. The lowest BCUT2D eigenvalue weighted by molar-refractivity contribution is -0.384. The van der Waals surface area contributed by atoms with Crippen LogP contribution in [0.15, 0.2) is 24.3 Å². The smallest absolute Gasteiger partial charge is 0.269 e. The van der Waals surface area contributed by atoms with Crippen molar-refractivity contribution in [2.75, 3.05) is 19.0 Å². The number of non-ortho nitro benzene ring substituents is 1. The maximum atomic E-state index is 11.9. The Hall–Kier alpha value is -1.99. The van der Waals surface area contributed by atoms with Crippen LogP contribution in [0.25, 0.3) is 0 Å². The minimum absolute atomic E-state index is 0.00330. The maximum absolute atomic E-state index is 11.9. The summed E-state index contributed by atoms with van der Waals surface area (Å²) in [6, 6.07) is 5.45. The second-order valence-corrected chi connectivity index (χ2v) is 4.35. The van der Waals surface area contributed by atoms with Gasteiger partial charge in [-0.1, -0.05) is 0 Å². The highest BCUT2D eigenvalue weighted by Gasteiger charge is 2.29. The topological polar surface area (TPSA) is 93.5 Å². The number of carbonyl (C=O) groups is 1. The first kappa shape index (κ1) is 13.4. The van der Waals surface area contributed by atoms with E-state index in [0.717, 1.165) is 0 Å². The number of nitro groups is 1. The third kappa shape index (κ3) is 3.27. The van der Waals surface area contributed by atoms with Crippen LogP contribution in [-0.2, 0) is 9.53 Å². The van der Waals surface area contributed by atoms with Gasteiger partial charge in [0, 0.05) is 31.5 Å². The molecule has 2 N–H and O–H groups in total. The fourth-order valence-corrected chi connectivity index (χ4v) is 1.98. The number of nitrogens with zero attached hydrogens (tertiary/aromatic N) is 1. The molecular formula is C12H15N3O4. The van der Waals surface area contributed by atoms with Gasteiger partial charge in [-0.25, -0.2) is 0 Å². The van der Waals surface area contributed by atoms with Gasteiger partial charge in [-0.3, -0.25) is 14.9 Å². The molecule has 7 heteroatoms. The predicted octanol–water partition coefficient (Wildman–Crippen LogP) is 0.910. The summed E-state index contributed by atoms with van der Waals surface area (Å²) in [5.41, 5.74) is 0.537. The van der Waals surface area contributed by atoms with Crippen LogP contribution in [0.3, 0.4) is 0 Å². The zero-order chi connectivity index (χ0) is 13.8. The quantitative estimate of drug-likeness (QED) is 0.623. The van der Waals surface area contributed by atoms with Gasteiger partial charge >= 0.3 is 0 Å². The molecular weight excluding hydrogens is 250 g/mol. The molecule has 2 unspecified atom stereocenters. The van der Waals surface area contributed by atoms with Gasteiger partial charge in [-0.2, -0.15) is 0 Å². The molecule has 2 rings (SSSR count). The zero-order valence-corrected chi connectivity index (χ0v) is 10.5. The lowest BCUT2D eigenvalue weighted by Crippen LogP contribution is -2.35. The molecule has 2 atom stereocenters. The zero-order valence-electron chi connectivity index (χ0n) is 10.5. The Morgan fingerprint density at radius 3 is 2.68 bits per heavy atom. The summed E-state index contributed by atoms with van der Waals surface area (Å²) in [4.78, 5) is 22.0. The molecule has 1 saturated heterocycles. The van der Waals surface area contributed by atoms with Crippen LogP contribution >= 0.6 is 0 Å². The average molecular weight is 265 g/mol. The van der Waals surface area contributed by atoms with Crippen molar-refractivity contribution >= 4 is 17.3 Å². The molecule has 7 nitrogen and oxygen atoms in total. The first-order chi connectivity index (χ1) is 9.10. The number of methoxy groups -OCH3 is 1. The summed E-state index contributed by atoms with van der Waals surface area (Å²) < 4.78 is 5.17. The molecule has 1 aliphatic rings. The molecule has 1 aromatic rings. The SMILES string of the molecule is COC1CNC(C(=O)Nc2ccc([N+](=O)[O-])cc2)C1.